The number of anilines is 2. The topological polar surface area (TPSA) is 52.0 Å². The van der Waals surface area contributed by atoms with E-state index in [-0.39, 0.29) is 11.1 Å². The highest BCUT2D eigenvalue weighted by molar-refractivity contribution is 5.71. The summed E-state index contributed by atoms with van der Waals surface area (Å²) < 4.78 is 76.8. The smallest absolute Gasteiger partial charge is 0.398 e. The Morgan fingerprint density at radius 3 is 1.03 bits per heavy atom. The molecule has 176 valence electrons. The fourth-order valence-corrected chi connectivity index (χ4v) is 3.22. The molecule has 0 bridgehead atoms. The van der Waals surface area contributed by atoms with Crippen molar-refractivity contribution in [2.24, 2.45) is 0 Å². The van der Waals surface area contributed by atoms with Crippen molar-refractivity contribution in [2.75, 3.05) is 11.5 Å². The van der Waals surface area contributed by atoms with Crippen LogP contribution in [0.3, 0.4) is 0 Å². The van der Waals surface area contributed by atoms with Crippen molar-refractivity contribution in [3.8, 4) is 22.3 Å². The van der Waals surface area contributed by atoms with Crippen LogP contribution in [0.25, 0.3) is 22.3 Å². The first kappa shape index (κ1) is 24.7. The van der Waals surface area contributed by atoms with E-state index in [1.807, 2.05) is 12.1 Å². The van der Waals surface area contributed by atoms with E-state index in [0.717, 1.165) is 12.1 Å². The van der Waals surface area contributed by atoms with E-state index in [1.165, 1.54) is 23.3 Å². The fourth-order valence-electron chi connectivity index (χ4n) is 3.22. The Labute approximate surface area is 192 Å². The number of rotatable bonds is 2. The molecule has 4 N–H and O–H groups in total. The summed E-state index contributed by atoms with van der Waals surface area (Å²) in [7, 11) is 0. The fraction of sp³-hybridized carbons (Fsp3) is 0.0769. The number of nitrogen functional groups attached to an aromatic ring is 2. The van der Waals surface area contributed by atoms with E-state index in [4.69, 9.17) is 11.5 Å². The summed E-state index contributed by atoms with van der Waals surface area (Å²) in [5.41, 5.74) is 9.80. The average Bonchev–Trinajstić information content (AvgIpc) is 2.80. The summed E-state index contributed by atoms with van der Waals surface area (Å²) in [6.07, 6.45) is -9.39. The third-order valence-corrected chi connectivity index (χ3v) is 4.93. The van der Waals surface area contributed by atoms with Gasteiger partial charge in [0.05, 0.1) is 11.1 Å². The van der Waals surface area contributed by atoms with Gasteiger partial charge in [-0.2, -0.15) is 26.3 Å². The zero-order valence-corrected chi connectivity index (χ0v) is 17.7. The molecule has 34 heavy (non-hydrogen) atoms. The Kier molecular flexibility index (Phi) is 7.20. The number of nitrogens with two attached hydrogens (primary N) is 2. The highest BCUT2D eigenvalue weighted by Gasteiger charge is 2.35. The maximum atomic E-state index is 12.8. The van der Waals surface area contributed by atoms with Crippen LogP contribution in [0.4, 0.5) is 37.7 Å². The Morgan fingerprint density at radius 2 is 0.735 bits per heavy atom. The van der Waals surface area contributed by atoms with E-state index in [9.17, 15) is 26.3 Å². The summed E-state index contributed by atoms with van der Waals surface area (Å²) in [6, 6.07) is 26.6. The zero-order chi connectivity index (χ0) is 24.9. The van der Waals surface area contributed by atoms with Gasteiger partial charge in [0.25, 0.3) is 0 Å². The van der Waals surface area contributed by atoms with Crippen molar-refractivity contribution in [3.05, 3.63) is 108 Å². The minimum absolute atomic E-state index is 0.0352. The summed E-state index contributed by atoms with van der Waals surface area (Å²) in [5, 5.41) is 0. The second-order valence-electron chi connectivity index (χ2n) is 7.33. The van der Waals surface area contributed by atoms with Crippen LogP contribution in [0.15, 0.2) is 97.1 Å². The van der Waals surface area contributed by atoms with Crippen LogP contribution in [0.2, 0.25) is 0 Å². The molecule has 0 amide bonds. The van der Waals surface area contributed by atoms with Gasteiger partial charge in [-0.15, -0.1) is 0 Å². The van der Waals surface area contributed by atoms with Crippen molar-refractivity contribution in [2.45, 2.75) is 12.4 Å². The Bertz CT molecular complexity index is 1130. The number of alkyl halides is 6. The van der Waals surface area contributed by atoms with Crippen LogP contribution in [0, 0.1) is 0 Å². The van der Waals surface area contributed by atoms with Gasteiger partial charge in [-0.25, -0.2) is 0 Å². The van der Waals surface area contributed by atoms with Gasteiger partial charge < -0.3 is 11.5 Å². The van der Waals surface area contributed by atoms with Crippen molar-refractivity contribution >= 4 is 11.4 Å². The van der Waals surface area contributed by atoms with Gasteiger partial charge in [-0.1, -0.05) is 72.8 Å². The lowest BCUT2D eigenvalue weighted by atomic mass is 9.99. The second kappa shape index (κ2) is 9.91. The third kappa shape index (κ3) is 6.10. The van der Waals surface area contributed by atoms with E-state index >= 15 is 0 Å². The standard InChI is InChI=1S/C14H10F6N2.C12H10/c15-13(16,17)9-5-7(1-3-11(9)21)8-2-4-12(22)10(6-8)14(18,19)20;1-3-7-11(8-4-1)12-9-5-2-6-10-12/h1-6H,21-22H2;1-10H. The van der Waals surface area contributed by atoms with Gasteiger partial charge >= 0.3 is 12.4 Å². The predicted octanol–water partition coefficient (Wildman–Crippen LogP) is 7.91. The van der Waals surface area contributed by atoms with Crippen LogP contribution in [-0.2, 0) is 12.4 Å². The van der Waals surface area contributed by atoms with E-state index in [2.05, 4.69) is 48.5 Å². The molecule has 0 unspecified atom stereocenters. The number of hydrogen-bond acceptors (Lipinski definition) is 2. The third-order valence-electron chi connectivity index (χ3n) is 4.93. The van der Waals surface area contributed by atoms with Crippen LogP contribution < -0.4 is 11.5 Å². The molecule has 0 saturated heterocycles. The molecule has 0 spiro atoms. The van der Waals surface area contributed by atoms with Crippen LogP contribution in [0.5, 0.6) is 0 Å². The quantitative estimate of drug-likeness (QED) is 0.229. The van der Waals surface area contributed by atoms with E-state index in [0.29, 0.717) is 12.1 Å². The minimum Gasteiger partial charge on any atom is -0.398 e. The molecule has 0 aliphatic rings. The Balaban J connectivity index is 0.000000226. The number of hydrogen-bond donors (Lipinski definition) is 2. The number of benzene rings is 4. The molecule has 4 aromatic rings. The highest BCUT2D eigenvalue weighted by Crippen LogP contribution is 2.39. The molecule has 4 rings (SSSR count). The second-order valence-corrected chi connectivity index (χ2v) is 7.33. The molecule has 0 heterocycles. The normalized spacial score (nSPS) is 11.5. The SMILES string of the molecule is Nc1ccc(-c2ccc(N)c(C(F)(F)F)c2)cc1C(F)(F)F.c1ccc(-c2ccccc2)cc1. The zero-order valence-electron chi connectivity index (χ0n) is 17.7. The van der Waals surface area contributed by atoms with Gasteiger partial charge in [-0.3, -0.25) is 0 Å². The lowest BCUT2D eigenvalue weighted by Gasteiger charge is -2.14. The lowest BCUT2D eigenvalue weighted by Crippen LogP contribution is -2.10. The first-order chi connectivity index (χ1) is 16.0. The van der Waals surface area contributed by atoms with Crippen molar-refractivity contribution in [1.82, 2.24) is 0 Å². The molecule has 0 radical (unpaired) electrons. The van der Waals surface area contributed by atoms with Crippen molar-refractivity contribution < 1.29 is 26.3 Å². The molecule has 4 aromatic carbocycles. The molecule has 8 heteroatoms. The van der Waals surface area contributed by atoms with E-state index < -0.39 is 34.9 Å². The first-order valence-electron chi connectivity index (χ1n) is 10.0. The molecular weight excluding hydrogens is 454 g/mol. The largest absolute Gasteiger partial charge is 0.418 e. The van der Waals surface area contributed by atoms with Gasteiger partial charge in [0.15, 0.2) is 0 Å². The van der Waals surface area contributed by atoms with Crippen LogP contribution >= 0.6 is 0 Å². The lowest BCUT2D eigenvalue weighted by molar-refractivity contribution is -0.137. The average molecular weight is 474 g/mol. The van der Waals surface area contributed by atoms with E-state index in [1.54, 1.807) is 0 Å². The van der Waals surface area contributed by atoms with Crippen LogP contribution in [0.1, 0.15) is 11.1 Å². The Morgan fingerprint density at radius 1 is 0.412 bits per heavy atom. The highest BCUT2D eigenvalue weighted by atomic mass is 19.4. The van der Waals surface area contributed by atoms with Crippen molar-refractivity contribution in [1.29, 1.82) is 0 Å². The molecule has 0 atom stereocenters. The molecule has 2 nitrogen and oxygen atoms in total. The van der Waals surface area contributed by atoms with Crippen molar-refractivity contribution in [3.63, 3.8) is 0 Å². The predicted molar refractivity (Wildman–Crippen MR) is 123 cm³/mol. The number of halogens is 6. The van der Waals surface area contributed by atoms with Gasteiger partial charge in [0.2, 0.25) is 0 Å². The monoisotopic (exact) mass is 474 g/mol. The van der Waals surface area contributed by atoms with Crippen LogP contribution in [-0.4, -0.2) is 0 Å². The van der Waals surface area contributed by atoms with Gasteiger partial charge in [0, 0.05) is 11.4 Å². The maximum absolute atomic E-state index is 12.8. The molecule has 0 saturated carbocycles. The van der Waals surface area contributed by atoms with Gasteiger partial charge in [0.1, 0.15) is 0 Å². The summed E-state index contributed by atoms with van der Waals surface area (Å²) >= 11 is 0. The first-order valence-corrected chi connectivity index (χ1v) is 10.0. The Hall–Kier alpha value is -3.94. The summed E-state index contributed by atoms with van der Waals surface area (Å²) in [5.74, 6) is 0. The summed E-state index contributed by atoms with van der Waals surface area (Å²) in [4.78, 5) is 0. The molecule has 0 aliphatic carbocycles. The molecule has 0 aromatic heterocycles. The molecule has 0 fully saturated rings. The maximum Gasteiger partial charge on any atom is 0.418 e. The molecular formula is C26H20F6N2. The molecule has 0 aliphatic heterocycles. The minimum atomic E-state index is -4.69. The van der Waals surface area contributed by atoms with Gasteiger partial charge in [-0.05, 0) is 46.5 Å². The summed E-state index contributed by atoms with van der Waals surface area (Å²) in [6.45, 7) is 0.